The Kier molecular flexibility index (Phi) is 5.24. The van der Waals surface area contributed by atoms with Crippen molar-refractivity contribution < 1.29 is 17.5 Å². The molecule has 0 unspecified atom stereocenters. The first-order chi connectivity index (χ1) is 12.3. The minimum absolute atomic E-state index is 0.0931. The summed E-state index contributed by atoms with van der Waals surface area (Å²) in [6.07, 6.45) is 1.05. The number of benzene rings is 1. The average Bonchev–Trinajstić information content (AvgIpc) is 2.54. The van der Waals surface area contributed by atoms with Gasteiger partial charge in [0.05, 0.1) is 4.90 Å². The molecule has 3 rings (SSSR count). The van der Waals surface area contributed by atoms with E-state index in [9.17, 15) is 12.8 Å². The summed E-state index contributed by atoms with van der Waals surface area (Å²) in [5, 5.41) is 0. The van der Waals surface area contributed by atoms with Gasteiger partial charge < -0.3 is 4.74 Å². The number of halogens is 1. The van der Waals surface area contributed by atoms with Gasteiger partial charge in [0.15, 0.2) is 0 Å². The number of hydrogen-bond acceptors (Lipinski definition) is 5. The maximum absolute atomic E-state index is 13.3. The summed E-state index contributed by atoms with van der Waals surface area (Å²) in [7, 11) is -3.63. The van der Waals surface area contributed by atoms with E-state index in [1.807, 2.05) is 6.92 Å². The molecule has 0 N–H and O–H groups in total. The molecule has 1 saturated heterocycles. The van der Waals surface area contributed by atoms with Crippen LogP contribution in [0.1, 0.15) is 29.9 Å². The zero-order chi connectivity index (χ0) is 18.9. The number of aromatic nitrogens is 2. The third-order valence-electron chi connectivity index (χ3n) is 4.39. The lowest BCUT2D eigenvalue weighted by Crippen LogP contribution is -2.42. The monoisotopic (exact) mass is 379 g/mol. The van der Waals surface area contributed by atoms with Gasteiger partial charge in [-0.1, -0.05) is 0 Å². The van der Waals surface area contributed by atoms with Gasteiger partial charge in [0.25, 0.3) is 0 Å². The van der Waals surface area contributed by atoms with E-state index in [2.05, 4.69) is 9.97 Å². The Bertz CT molecular complexity index is 890. The molecule has 1 aliphatic heterocycles. The molecule has 0 bridgehead atoms. The highest BCUT2D eigenvalue weighted by molar-refractivity contribution is 7.89. The van der Waals surface area contributed by atoms with Crippen LogP contribution in [-0.2, 0) is 10.0 Å². The second-order valence-corrected chi connectivity index (χ2v) is 8.43. The van der Waals surface area contributed by atoms with Crippen LogP contribution in [0, 0.1) is 26.6 Å². The van der Waals surface area contributed by atoms with Crippen molar-refractivity contribution in [3.63, 3.8) is 0 Å². The molecule has 140 valence electrons. The SMILES string of the molecule is Cc1cc(OC2CCN(S(=O)(=O)c3ccc(F)cc3C)CC2)nc(C)n1. The van der Waals surface area contributed by atoms with Crippen LogP contribution >= 0.6 is 0 Å². The second kappa shape index (κ2) is 7.28. The summed E-state index contributed by atoms with van der Waals surface area (Å²) in [6, 6.07) is 5.52. The Morgan fingerprint density at radius 2 is 1.81 bits per heavy atom. The molecule has 0 saturated carbocycles. The van der Waals surface area contributed by atoms with Crippen LogP contribution in [-0.4, -0.2) is 41.9 Å². The van der Waals surface area contributed by atoms with Gasteiger partial charge in [0.1, 0.15) is 17.7 Å². The summed E-state index contributed by atoms with van der Waals surface area (Å²) in [6.45, 7) is 5.99. The minimum Gasteiger partial charge on any atom is -0.474 e. The Labute approximate surface area is 153 Å². The molecule has 6 nitrogen and oxygen atoms in total. The summed E-state index contributed by atoms with van der Waals surface area (Å²) in [5.74, 6) is 0.724. The average molecular weight is 379 g/mol. The topological polar surface area (TPSA) is 72.4 Å². The van der Waals surface area contributed by atoms with Crippen LogP contribution in [0.15, 0.2) is 29.2 Å². The molecule has 8 heteroatoms. The second-order valence-electron chi connectivity index (χ2n) is 6.53. The highest BCUT2D eigenvalue weighted by Crippen LogP contribution is 2.25. The van der Waals surface area contributed by atoms with E-state index in [0.717, 1.165) is 5.69 Å². The first kappa shape index (κ1) is 18.7. The molecular formula is C18H22FN3O3S. The molecule has 1 aromatic heterocycles. The Hall–Kier alpha value is -2.06. The number of nitrogens with zero attached hydrogens (tertiary/aromatic N) is 3. The smallest absolute Gasteiger partial charge is 0.243 e. The van der Waals surface area contributed by atoms with Crippen LogP contribution in [0.3, 0.4) is 0 Å². The fourth-order valence-corrected chi connectivity index (χ4v) is 4.82. The van der Waals surface area contributed by atoms with Crippen molar-refractivity contribution in [2.75, 3.05) is 13.1 Å². The van der Waals surface area contributed by atoms with Crippen LogP contribution in [0.4, 0.5) is 4.39 Å². The van der Waals surface area contributed by atoms with Crippen molar-refractivity contribution in [2.45, 2.75) is 44.6 Å². The third-order valence-corrected chi connectivity index (χ3v) is 6.44. The van der Waals surface area contributed by atoms with Gasteiger partial charge in [0, 0.05) is 24.8 Å². The first-order valence-corrected chi connectivity index (χ1v) is 9.95. The van der Waals surface area contributed by atoms with E-state index in [-0.39, 0.29) is 11.0 Å². The predicted octanol–water partition coefficient (Wildman–Crippen LogP) is 2.77. The number of aryl methyl sites for hydroxylation is 3. The minimum atomic E-state index is -3.63. The fraction of sp³-hybridized carbons (Fsp3) is 0.444. The number of hydrogen-bond donors (Lipinski definition) is 0. The van der Waals surface area contributed by atoms with Crippen molar-refractivity contribution in [2.24, 2.45) is 0 Å². The van der Waals surface area contributed by atoms with E-state index >= 15 is 0 Å². The lowest BCUT2D eigenvalue weighted by atomic mass is 10.1. The van der Waals surface area contributed by atoms with Gasteiger partial charge in [0.2, 0.25) is 15.9 Å². The van der Waals surface area contributed by atoms with Crippen LogP contribution in [0.25, 0.3) is 0 Å². The number of ether oxygens (including phenoxy) is 1. The molecule has 0 spiro atoms. The van der Waals surface area contributed by atoms with Gasteiger partial charge in [-0.25, -0.2) is 17.8 Å². The molecule has 2 heterocycles. The van der Waals surface area contributed by atoms with E-state index in [1.54, 1.807) is 19.9 Å². The summed E-state index contributed by atoms with van der Waals surface area (Å²) >= 11 is 0. The fourth-order valence-electron chi connectivity index (χ4n) is 3.15. The van der Waals surface area contributed by atoms with E-state index < -0.39 is 15.8 Å². The molecule has 0 aliphatic carbocycles. The summed E-state index contributed by atoms with van der Waals surface area (Å²) < 4.78 is 46.2. The van der Waals surface area contributed by atoms with Gasteiger partial charge in [-0.2, -0.15) is 9.29 Å². The number of rotatable bonds is 4. The Morgan fingerprint density at radius 3 is 2.42 bits per heavy atom. The first-order valence-electron chi connectivity index (χ1n) is 8.51. The molecule has 1 fully saturated rings. The maximum Gasteiger partial charge on any atom is 0.243 e. The number of sulfonamides is 1. The van der Waals surface area contributed by atoms with Crippen LogP contribution in [0.2, 0.25) is 0 Å². The highest BCUT2D eigenvalue weighted by atomic mass is 32.2. The van der Waals surface area contributed by atoms with Crippen LogP contribution < -0.4 is 4.74 Å². The molecule has 2 aromatic rings. The van der Waals surface area contributed by atoms with E-state index in [4.69, 9.17) is 4.74 Å². The lowest BCUT2D eigenvalue weighted by molar-refractivity contribution is 0.129. The zero-order valence-electron chi connectivity index (χ0n) is 15.1. The third kappa shape index (κ3) is 4.02. The molecule has 1 aromatic carbocycles. The standard InChI is InChI=1S/C18H22FN3O3S/c1-12-10-15(19)4-5-17(12)26(23,24)22-8-6-16(7-9-22)25-18-11-13(2)20-14(3)21-18/h4-5,10-11,16H,6-9H2,1-3H3. The molecule has 0 atom stereocenters. The van der Waals surface area contributed by atoms with Crippen molar-refractivity contribution in [1.29, 1.82) is 0 Å². The largest absolute Gasteiger partial charge is 0.474 e. The Morgan fingerprint density at radius 1 is 1.12 bits per heavy atom. The Balaban J connectivity index is 1.67. The maximum atomic E-state index is 13.3. The highest BCUT2D eigenvalue weighted by Gasteiger charge is 2.31. The van der Waals surface area contributed by atoms with Gasteiger partial charge in [-0.05, 0) is 57.4 Å². The van der Waals surface area contributed by atoms with Crippen molar-refractivity contribution >= 4 is 10.0 Å². The molecule has 0 radical (unpaired) electrons. The van der Waals surface area contributed by atoms with Gasteiger partial charge in [-0.15, -0.1) is 0 Å². The molecular weight excluding hydrogens is 357 g/mol. The zero-order valence-corrected chi connectivity index (χ0v) is 15.9. The van der Waals surface area contributed by atoms with E-state index in [1.165, 1.54) is 22.5 Å². The predicted molar refractivity (Wildman–Crippen MR) is 95.1 cm³/mol. The van der Waals surface area contributed by atoms with Crippen molar-refractivity contribution in [3.05, 3.63) is 47.2 Å². The van der Waals surface area contributed by atoms with Crippen molar-refractivity contribution in [3.8, 4) is 5.88 Å². The lowest BCUT2D eigenvalue weighted by Gasteiger charge is -2.31. The summed E-state index contributed by atoms with van der Waals surface area (Å²) in [4.78, 5) is 8.63. The molecule has 1 aliphatic rings. The summed E-state index contributed by atoms with van der Waals surface area (Å²) in [5.41, 5.74) is 1.25. The van der Waals surface area contributed by atoms with Gasteiger partial charge in [-0.3, -0.25) is 0 Å². The van der Waals surface area contributed by atoms with Crippen LogP contribution in [0.5, 0.6) is 5.88 Å². The van der Waals surface area contributed by atoms with Gasteiger partial charge >= 0.3 is 0 Å². The quantitative estimate of drug-likeness (QED) is 0.817. The number of piperidine rings is 1. The molecule has 0 amide bonds. The molecule has 26 heavy (non-hydrogen) atoms. The van der Waals surface area contributed by atoms with E-state index in [0.29, 0.717) is 43.2 Å². The normalized spacial score (nSPS) is 16.6. The van der Waals surface area contributed by atoms with Crippen molar-refractivity contribution in [1.82, 2.24) is 14.3 Å².